The van der Waals surface area contributed by atoms with Gasteiger partial charge in [-0.15, -0.1) is 0 Å². The molecule has 1 unspecified atom stereocenters. The fraction of sp³-hybridized carbons (Fsp3) is 0.857. The second-order valence-corrected chi connectivity index (χ2v) is 2.93. The van der Waals surface area contributed by atoms with Gasteiger partial charge in [0, 0.05) is 20.6 Å². The monoisotopic (exact) mass is 156 g/mol. The summed E-state index contributed by atoms with van der Waals surface area (Å²) >= 11 is 0. The van der Waals surface area contributed by atoms with Gasteiger partial charge in [-0.25, -0.2) is 5.43 Å². The number of nitrogens with zero attached hydrogens (tertiary/aromatic N) is 2. The molecule has 1 heterocycles. The topological polar surface area (TPSA) is 46.4 Å². The lowest BCUT2D eigenvalue weighted by Gasteiger charge is -2.23. The van der Waals surface area contributed by atoms with E-state index in [1.807, 2.05) is 0 Å². The molecule has 0 saturated carbocycles. The summed E-state index contributed by atoms with van der Waals surface area (Å²) in [6.07, 6.45) is 1.91. The molecule has 1 atom stereocenters. The maximum atomic E-state index is 11.3. The van der Waals surface area contributed by atoms with Gasteiger partial charge in [0.25, 0.3) is 0 Å². The Morgan fingerprint density at radius 3 is 2.82 bits per heavy atom. The van der Waals surface area contributed by atoms with Crippen LogP contribution >= 0.6 is 0 Å². The number of hydrogen-bond donors (Lipinski definition) is 1. The van der Waals surface area contributed by atoms with E-state index in [1.54, 1.807) is 19.0 Å². The molecule has 0 spiro atoms. The lowest BCUT2D eigenvalue weighted by molar-refractivity contribution is -0.131. The number of carbonyl (C=O) groups excluding carboxylic acids is 1. The number of amides is 1. The van der Waals surface area contributed by atoms with Crippen molar-refractivity contribution in [2.75, 3.05) is 20.6 Å². The van der Waals surface area contributed by atoms with E-state index in [0.29, 0.717) is 0 Å². The molecule has 4 nitrogen and oxygen atoms in total. The largest absolute Gasteiger partial charge is 0.347 e. The summed E-state index contributed by atoms with van der Waals surface area (Å²) in [4.78, 5) is 12.9. The predicted molar refractivity (Wildman–Crippen MR) is 41.9 cm³/mol. The molecule has 1 radical (unpaired) electrons. The SMILES string of the molecule is CN(C)C(=O)C1CCCN[N]1. The van der Waals surface area contributed by atoms with Crippen LogP contribution in [0.25, 0.3) is 0 Å². The Balaban J connectivity index is 2.39. The van der Waals surface area contributed by atoms with E-state index in [9.17, 15) is 4.79 Å². The Bertz CT molecular complexity index is 141. The van der Waals surface area contributed by atoms with Gasteiger partial charge < -0.3 is 4.90 Å². The number of carbonyl (C=O) groups is 1. The van der Waals surface area contributed by atoms with Crippen molar-refractivity contribution >= 4 is 5.91 Å². The average molecular weight is 156 g/mol. The molecule has 1 saturated heterocycles. The summed E-state index contributed by atoms with van der Waals surface area (Å²) in [5.41, 5.74) is 6.86. The van der Waals surface area contributed by atoms with Gasteiger partial charge in [-0.3, -0.25) is 4.79 Å². The van der Waals surface area contributed by atoms with E-state index in [2.05, 4.69) is 10.9 Å². The van der Waals surface area contributed by atoms with Gasteiger partial charge in [0.2, 0.25) is 5.91 Å². The molecular formula is C7H14N3O. The Morgan fingerprint density at radius 2 is 2.36 bits per heavy atom. The van der Waals surface area contributed by atoms with Crippen molar-refractivity contribution in [2.45, 2.75) is 18.9 Å². The molecule has 63 valence electrons. The van der Waals surface area contributed by atoms with Crippen LogP contribution in [-0.2, 0) is 4.79 Å². The van der Waals surface area contributed by atoms with Gasteiger partial charge in [-0.05, 0) is 12.8 Å². The van der Waals surface area contributed by atoms with E-state index in [-0.39, 0.29) is 11.9 Å². The Morgan fingerprint density at radius 1 is 1.64 bits per heavy atom. The molecule has 1 aliphatic heterocycles. The minimum absolute atomic E-state index is 0.0946. The Kier molecular flexibility index (Phi) is 2.84. The molecule has 0 aliphatic carbocycles. The highest BCUT2D eigenvalue weighted by molar-refractivity contribution is 5.81. The summed E-state index contributed by atoms with van der Waals surface area (Å²) in [6, 6.07) is -0.154. The molecule has 11 heavy (non-hydrogen) atoms. The van der Waals surface area contributed by atoms with Crippen molar-refractivity contribution in [3.63, 3.8) is 0 Å². The lowest BCUT2D eigenvalue weighted by atomic mass is 10.1. The van der Waals surface area contributed by atoms with E-state index < -0.39 is 0 Å². The summed E-state index contributed by atoms with van der Waals surface area (Å²) in [6.45, 7) is 0.900. The van der Waals surface area contributed by atoms with Crippen LogP contribution in [0.3, 0.4) is 0 Å². The van der Waals surface area contributed by atoms with Gasteiger partial charge in [-0.1, -0.05) is 0 Å². The van der Waals surface area contributed by atoms with Gasteiger partial charge in [0.05, 0.1) is 0 Å². The fourth-order valence-corrected chi connectivity index (χ4v) is 1.09. The molecule has 1 N–H and O–H groups in total. The van der Waals surface area contributed by atoms with Crippen molar-refractivity contribution in [1.29, 1.82) is 0 Å². The zero-order chi connectivity index (χ0) is 8.27. The zero-order valence-electron chi connectivity index (χ0n) is 7.00. The standard InChI is InChI=1S/C7H14N3O/c1-10(2)7(11)6-4-3-5-8-9-6/h6,8H,3-5H2,1-2H3. The van der Waals surface area contributed by atoms with Crippen molar-refractivity contribution in [3.05, 3.63) is 0 Å². The van der Waals surface area contributed by atoms with Crippen molar-refractivity contribution < 1.29 is 4.79 Å². The first-order chi connectivity index (χ1) is 5.22. The smallest absolute Gasteiger partial charge is 0.242 e. The van der Waals surface area contributed by atoms with E-state index in [0.717, 1.165) is 19.4 Å². The van der Waals surface area contributed by atoms with Crippen LogP contribution in [0.1, 0.15) is 12.8 Å². The average Bonchev–Trinajstić information content (AvgIpc) is 2.05. The fourth-order valence-electron chi connectivity index (χ4n) is 1.09. The van der Waals surface area contributed by atoms with Crippen molar-refractivity contribution in [1.82, 2.24) is 15.8 Å². The minimum atomic E-state index is -0.154. The zero-order valence-corrected chi connectivity index (χ0v) is 7.00. The van der Waals surface area contributed by atoms with Crippen molar-refractivity contribution in [3.8, 4) is 0 Å². The third-order valence-electron chi connectivity index (χ3n) is 1.74. The number of rotatable bonds is 1. The quantitative estimate of drug-likeness (QED) is 0.548. The predicted octanol–water partition coefficient (Wildman–Crippen LogP) is -0.654. The molecular weight excluding hydrogens is 142 g/mol. The molecule has 1 fully saturated rings. The van der Waals surface area contributed by atoms with Crippen LogP contribution < -0.4 is 10.9 Å². The maximum Gasteiger partial charge on any atom is 0.242 e. The van der Waals surface area contributed by atoms with Crippen LogP contribution in [-0.4, -0.2) is 37.5 Å². The molecule has 0 aromatic heterocycles. The second kappa shape index (κ2) is 3.69. The first-order valence-electron chi connectivity index (χ1n) is 3.85. The van der Waals surface area contributed by atoms with Gasteiger partial charge in [-0.2, -0.15) is 5.43 Å². The Labute approximate surface area is 66.9 Å². The van der Waals surface area contributed by atoms with Crippen LogP contribution in [0.4, 0.5) is 0 Å². The first kappa shape index (κ1) is 8.49. The van der Waals surface area contributed by atoms with Crippen molar-refractivity contribution in [2.24, 2.45) is 0 Å². The van der Waals surface area contributed by atoms with Gasteiger partial charge >= 0.3 is 0 Å². The minimum Gasteiger partial charge on any atom is -0.347 e. The van der Waals surface area contributed by atoms with Crippen LogP contribution in [0, 0.1) is 0 Å². The van der Waals surface area contributed by atoms with E-state index in [1.165, 1.54) is 0 Å². The molecule has 4 heteroatoms. The van der Waals surface area contributed by atoms with Crippen LogP contribution in [0.15, 0.2) is 0 Å². The molecule has 0 aromatic carbocycles. The van der Waals surface area contributed by atoms with E-state index in [4.69, 9.17) is 0 Å². The van der Waals surface area contributed by atoms with E-state index >= 15 is 0 Å². The van der Waals surface area contributed by atoms with Gasteiger partial charge in [0.1, 0.15) is 6.04 Å². The van der Waals surface area contributed by atoms with Crippen LogP contribution in [0.2, 0.25) is 0 Å². The summed E-state index contributed by atoms with van der Waals surface area (Å²) < 4.78 is 0. The van der Waals surface area contributed by atoms with Crippen LogP contribution in [0.5, 0.6) is 0 Å². The number of nitrogens with one attached hydrogen (secondary N) is 1. The third kappa shape index (κ3) is 2.17. The summed E-state index contributed by atoms with van der Waals surface area (Å²) in [7, 11) is 3.51. The third-order valence-corrected chi connectivity index (χ3v) is 1.74. The molecule has 0 bridgehead atoms. The summed E-state index contributed by atoms with van der Waals surface area (Å²) in [5, 5.41) is 0. The van der Waals surface area contributed by atoms with Gasteiger partial charge in [0.15, 0.2) is 0 Å². The highest BCUT2D eigenvalue weighted by Gasteiger charge is 2.22. The maximum absolute atomic E-state index is 11.3. The number of hydrogen-bond acceptors (Lipinski definition) is 2. The normalized spacial score (nSPS) is 24.7. The molecule has 0 aromatic rings. The first-order valence-corrected chi connectivity index (χ1v) is 3.85. The summed E-state index contributed by atoms with van der Waals surface area (Å²) in [5.74, 6) is 0.0946. The molecule has 1 rings (SSSR count). The number of likely N-dealkylation sites (N-methyl/N-ethyl adjacent to an activating group) is 1. The second-order valence-electron chi connectivity index (χ2n) is 2.93. The lowest BCUT2D eigenvalue weighted by Crippen LogP contribution is -2.48. The molecule has 1 amide bonds. The molecule has 1 aliphatic rings. The highest BCUT2D eigenvalue weighted by Crippen LogP contribution is 2.03. The Hall–Kier alpha value is -0.610. The highest BCUT2D eigenvalue weighted by atomic mass is 16.2.